The van der Waals surface area contributed by atoms with Gasteiger partial charge in [-0.3, -0.25) is 14.4 Å². The highest BCUT2D eigenvalue weighted by Gasteiger charge is 2.53. The van der Waals surface area contributed by atoms with Crippen LogP contribution in [0.5, 0.6) is 0 Å². The first kappa shape index (κ1) is 36.1. The second kappa shape index (κ2) is 20.0. The first-order chi connectivity index (χ1) is 19.1. The zero-order valence-corrected chi connectivity index (χ0v) is 23.5. The van der Waals surface area contributed by atoms with Gasteiger partial charge in [-0.15, -0.1) is 0 Å². The second-order valence-electron chi connectivity index (χ2n) is 9.84. The second-order valence-corrected chi connectivity index (χ2v) is 9.84. The van der Waals surface area contributed by atoms with Crippen LogP contribution in [-0.4, -0.2) is 105 Å². The molecular weight excluding hydrogens is 528 g/mol. The molecule has 1 heterocycles. The van der Waals surface area contributed by atoms with Crippen LogP contribution >= 0.6 is 0 Å². The number of ether oxygens (including phenoxy) is 5. The van der Waals surface area contributed by atoms with Crippen molar-refractivity contribution in [3.8, 4) is 0 Å². The van der Waals surface area contributed by atoms with Gasteiger partial charge in [-0.05, 0) is 58.2 Å². The van der Waals surface area contributed by atoms with Crippen molar-refractivity contribution < 1.29 is 43.2 Å². The van der Waals surface area contributed by atoms with E-state index in [1.165, 1.54) is 7.11 Å². The largest absolute Gasteiger partial charge is 0.454 e. The lowest BCUT2D eigenvalue weighted by Crippen LogP contribution is -2.64. The van der Waals surface area contributed by atoms with Crippen molar-refractivity contribution in [1.82, 2.24) is 0 Å². The number of esters is 3. The van der Waals surface area contributed by atoms with Gasteiger partial charge in [0.2, 0.25) is 0 Å². The van der Waals surface area contributed by atoms with Crippen molar-refractivity contribution in [1.29, 1.82) is 0 Å². The summed E-state index contributed by atoms with van der Waals surface area (Å²) >= 11 is 0. The van der Waals surface area contributed by atoms with Gasteiger partial charge in [0.1, 0.15) is 24.2 Å². The maximum absolute atomic E-state index is 13.0. The van der Waals surface area contributed by atoms with Gasteiger partial charge in [-0.25, -0.2) is 0 Å². The van der Waals surface area contributed by atoms with E-state index in [4.69, 9.17) is 58.1 Å². The van der Waals surface area contributed by atoms with Crippen molar-refractivity contribution in [3.63, 3.8) is 0 Å². The molecule has 0 radical (unpaired) electrons. The third kappa shape index (κ3) is 11.9. The molecule has 15 nitrogen and oxygen atoms in total. The zero-order valence-electron chi connectivity index (χ0n) is 23.5. The number of aliphatic hydroxyl groups is 1. The highest BCUT2D eigenvalue weighted by molar-refractivity contribution is 5.77. The van der Waals surface area contributed by atoms with Crippen LogP contribution in [0.3, 0.4) is 0 Å². The van der Waals surface area contributed by atoms with E-state index >= 15 is 0 Å². The Kier molecular flexibility index (Phi) is 18.1. The Morgan fingerprint density at radius 1 is 0.675 bits per heavy atom. The van der Waals surface area contributed by atoms with Gasteiger partial charge in [0.15, 0.2) is 24.6 Å². The van der Waals surface area contributed by atoms with E-state index in [0.29, 0.717) is 71.0 Å². The van der Waals surface area contributed by atoms with Gasteiger partial charge in [0, 0.05) is 7.11 Å². The van der Waals surface area contributed by atoms with Crippen LogP contribution in [0.25, 0.3) is 0 Å². The highest BCUT2D eigenvalue weighted by atomic mass is 16.7. The summed E-state index contributed by atoms with van der Waals surface area (Å²) in [6.45, 7) is 0.671. The molecule has 0 aliphatic carbocycles. The minimum atomic E-state index is -1.45. The van der Waals surface area contributed by atoms with Crippen molar-refractivity contribution in [3.05, 3.63) is 0 Å². The highest BCUT2D eigenvalue weighted by Crippen LogP contribution is 2.30. The van der Waals surface area contributed by atoms with E-state index in [0.717, 1.165) is 0 Å². The number of methoxy groups -OCH3 is 1. The van der Waals surface area contributed by atoms with Gasteiger partial charge < -0.3 is 63.2 Å². The molecule has 0 aromatic rings. The predicted molar refractivity (Wildman–Crippen MR) is 145 cm³/mol. The average molecular weight is 579 g/mol. The Hall–Kier alpha value is -1.95. The van der Waals surface area contributed by atoms with Gasteiger partial charge >= 0.3 is 17.9 Å². The summed E-state index contributed by atoms with van der Waals surface area (Å²) in [7, 11) is 1.28. The van der Waals surface area contributed by atoms with Crippen molar-refractivity contribution in [2.24, 2.45) is 34.4 Å². The summed E-state index contributed by atoms with van der Waals surface area (Å²) in [5.41, 5.74) is 34.6. The smallest absolute Gasteiger partial charge is 0.323 e. The quantitative estimate of drug-likeness (QED) is 0.0445. The predicted octanol–water partition coefficient (Wildman–Crippen LogP) is -2.55. The zero-order chi connectivity index (χ0) is 30.1. The first-order valence-corrected chi connectivity index (χ1v) is 13.9. The number of hydrogen-bond donors (Lipinski definition) is 7. The maximum Gasteiger partial charge on any atom is 0.323 e. The fourth-order valence-corrected chi connectivity index (χ4v) is 4.16. The number of aliphatic hydroxyl groups excluding tert-OH is 1. The SMILES string of the molecule is CO[C@H]1O[C@H](CO)[C@H](OC(=O)[C@@H](N)CCCCN)[C@H](OC(=O)[C@@H](N)CCCCN)[C@H]1OC(=O)[C@@H](N)CCCCN. The first-order valence-electron chi connectivity index (χ1n) is 13.9. The molecule has 0 aromatic heterocycles. The fourth-order valence-electron chi connectivity index (χ4n) is 4.16. The maximum atomic E-state index is 13.0. The van der Waals surface area contributed by atoms with Crippen LogP contribution in [0.4, 0.5) is 0 Å². The molecule has 1 saturated heterocycles. The topological polar surface area (TPSA) is 274 Å². The minimum Gasteiger partial charge on any atom is -0.454 e. The summed E-state index contributed by atoms with van der Waals surface area (Å²) in [6.07, 6.45) is -2.17. The van der Waals surface area contributed by atoms with Crippen LogP contribution in [0.1, 0.15) is 57.8 Å². The van der Waals surface area contributed by atoms with Gasteiger partial charge in [0.05, 0.1) is 6.61 Å². The summed E-state index contributed by atoms with van der Waals surface area (Å²) < 4.78 is 28.0. The van der Waals surface area contributed by atoms with E-state index in [-0.39, 0.29) is 6.42 Å². The molecule has 13 N–H and O–H groups in total. The summed E-state index contributed by atoms with van der Waals surface area (Å²) in [4.78, 5) is 38.8. The van der Waals surface area contributed by atoms with E-state index in [9.17, 15) is 19.5 Å². The van der Waals surface area contributed by atoms with Crippen LogP contribution < -0.4 is 34.4 Å². The Labute approximate surface area is 235 Å². The Morgan fingerprint density at radius 3 is 1.40 bits per heavy atom. The molecule has 40 heavy (non-hydrogen) atoms. The summed E-state index contributed by atoms with van der Waals surface area (Å²) in [6, 6.07) is -3.06. The fraction of sp³-hybridized carbons (Fsp3) is 0.880. The number of hydrogen-bond acceptors (Lipinski definition) is 15. The summed E-state index contributed by atoms with van der Waals surface area (Å²) in [5.74, 6) is -2.47. The molecule has 1 aliphatic rings. The molecule has 1 fully saturated rings. The molecular formula is C25H50N6O9. The summed E-state index contributed by atoms with van der Waals surface area (Å²) in [5, 5.41) is 10.0. The Balaban J connectivity index is 3.26. The van der Waals surface area contributed by atoms with Crippen LogP contribution in [-0.2, 0) is 38.1 Å². The van der Waals surface area contributed by atoms with Crippen molar-refractivity contribution in [2.75, 3.05) is 33.4 Å². The molecule has 0 unspecified atom stereocenters. The van der Waals surface area contributed by atoms with E-state index in [2.05, 4.69) is 0 Å². The molecule has 1 aliphatic heterocycles. The van der Waals surface area contributed by atoms with E-state index in [1.54, 1.807) is 0 Å². The average Bonchev–Trinajstić information content (AvgIpc) is 2.94. The van der Waals surface area contributed by atoms with E-state index < -0.39 is 73.3 Å². The molecule has 0 amide bonds. The third-order valence-corrected chi connectivity index (χ3v) is 6.58. The van der Waals surface area contributed by atoms with Gasteiger partial charge in [-0.2, -0.15) is 0 Å². The molecule has 234 valence electrons. The lowest BCUT2D eigenvalue weighted by atomic mass is 9.97. The molecule has 15 heteroatoms. The number of nitrogens with two attached hydrogens (primary N) is 6. The lowest BCUT2D eigenvalue weighted by Gasteiger charge is -2.44. The van der Waals surface area contributed by atoms with Crippen LogP contribution in [0, 0.1) is 0 Å². The van der Waals surface area contributed by atoms with Gasteiger partial charge in [-0.1, -0.05) is 19.3 Å². The lowest BCUT2D eigenvalue weighted by molar-refractivity contribution is -0.303. The van der Waals surface area contributed by atoms with Crippen molar-refractivity contribution in [2.45, 2.75) is 107 Å². The monoisotopic (exact) mass is 578 g/mol. The molecule has 0 aromatic carbocycles. The Morgan fingerprint density at radius 2 is 1.05 bits per heavy atom. The molecule has 0 saturated carbocycles. The number of unbranched alkanes of at least 4 members (excludes halogenated alkanes) is 3. The molecule has 8 atom stereocenters. The van der Waals surface area contributed by atoms with Crippen molar-refractivity contribution >= 4 is 17.9 Å². The number of carbonyl (C=O) groups is 3. The number of carbonyl (C=O) groups excluding carboxylic acids is 3. The number of rotatable bonds is 20. The Bertz CT molecular complexity index is 706. The van der Waals surface area contributed by atoms with Crippen LogP contribution in [0.15, 0.2) is 0 Å². The normalized spacial score (nSPS) is 25.1. The minimum absolute atomic E-state index is 0.281. The van der Waals surface area contributed by atoms with Gasteiger partial charge in [0.25, 0.3) is 0 Å². The molecule has 1 rings (SSSR count). The molecule has 0 spiro atoms. The standard InChI is InChI=1S/C25H50N6O9/c1-36-25-21(40-24(35)17(31)10-4-7-13-28)20(39-23(34)16(30)9-3-6-12-27)19(18(14-32)37-25)38-22(33)15(29)8-2-5-11-26/h15-21,25,32H,2-14,26-31H2,1H3/t15-,16-,17-,18+,19-,20-,21+,25-/m0/s1. The van der Waals surface area contributed by atoms with Crippen LogP contribution in [0.2, 0.25) is 0 Å². The molecule has 0 bridgehead atoms. The van der Waals surface area contributed by atoms with E-state index in [1.807, 2.05) is 0 Å². The third-order valence-electron chi connectivity index (χ3n) is 6.58.